The maximum Gasteiger partial charge on any atom is 0.0409 e. The first-order chi connectivity index (χ1) is 10.1. The van der Waals surface area contributed by atoms with E-state index in [9.17, 15) is 0 Å². The lowest BCUT2D eigenvalue weighted by Gasteiger charge is -2.26. The molecular formula is C20H25N. The quantitative estimate of drug-likeness (QED) is 0.820. The van der Waals surface area contributed by atoms with Crippen LogP contribution in [-0.2, 0) is 5.54 Å². The van der Waals surface area contributed by atoms with Crippen LogP contribution in [0.4, 0.5) is 0 Å². The molecule has 0 unspecified atom stereocenters. The minimum Gasteiger partial charge on any atom is -0.321 e. The molecule has 0 amide bonds. The summed E-state index contributed by atoms with van der Waals surface area (Å²) in [5.74, 6) is 0.520. The van der Waals surface area contributed by atoms with Crippen molar-refractivity contribution in [3.8, 4) is 11.1 Å². The van der Waals surface area contributed by atoms with Crippen LogP contribution in [0.3, 0.4) is 0 Å². The summed E-state index contributed by atoms with van der Waals surface area (Å²) in [5.41, 5.74) is 11.9. The zero-order chi connectivity index (χ0) is 14.9. The lowest BCUT2D eigenvalue weighted by Crippen LogP contribution is -2.33. The third-order valence-electron chi connectivity index (χ3n) is 4.83. The van der Waals surface area contributed by atoms with Crippen molar-refractivity contribution in [2.24, 2.45) is 5.73 Å². The number of rotatable bonds is 3. The molecule has 1 saturated carbocycles. The average molecular weight is 279 g/mol. The number of benzene rings is 2. The maximum absolute atomic E-state index is 6.65. The molecular weight excluding hydrogens is 254 g/mol. The van der Waals surface area contributed by atoms with Gasteiger partial charge in [-0.3, -0.25) is 0 Å². The van der Waals surface area contributed by atoms with E-state index in [2.05, 4.69) is 62.4 Å². The largest absolute Gasteiger partial charge is 0.321 e. The van der Waals surface area contributed by atoms with Crippen molar-refractivity contribution in [2.45, 2.75) is 51.0 Å². The van der Waals surface area contributed by atoms with Gasteiger partial charge in [-0.05, 0) is 47.1 Å². The van der Waals surface area contributed by atoms with Gasteiger partial charge in [-0.15, -0.1) is 0 Å². The molecule has 1 fully saturated rings. The van der Waals surface area contributed by atoms with Crippen LogP contribution in [0.25, 0.3) is 11.1 Å². The van der Waals surface area contributed by atoms with Crippen LogP contribution >= 0.6 is 0 Å². The van der Waals surface area contributed by atoms with E-state index in [4.69, 9.17) is 5.73 Å². The van der Waals surface area contributed by atoms with Gasteiger partial charge in [0.05, 0.1) is 0 Å². The second-order valence-electron chi connectivity index (χ2n) is 6.69. The topological polar surface area (TPSA) is 26.0 Å². The fourth-order valence-corrected chi connectivity index (χ4v) is 3.53. The highest BCUT2D eigenvalue weighted by atomic mass is 14.8. The molecule has 0 heterocycles. The molecule has 0 radical (unpaired) electrons. The smallest absolute Gasteiger partial charge is 0.0409 e. The Bertz CT molecular complexity index is 607. The molecule has 0 atom stereocenters. The van der Waals surface area contributed by atoms with Crippen molar-refractivity contribution in [2.75, 3.05) is 0 Å². The van der Waals surface area contributed by atoms with E-state index < -0.39 is 0 Å². The van der Waals surface area contributed by atoms with E-state index >= 15 is 0 Å². The van der Waals surface area contributed by atoms with Crippen LogP contribution in [0.15, 0.2) is 48.5 Å². The molecule has 0 spiro atoms. The van der Waals surface area contributed by atoms with Gasteiger partial charge in [-0.25, -0.2) is 0 Å². The van der Waals surface area contributed by atoms with Gasteiger partial charge in [-0.1, -0.05) is 69.2 Å². The summed E-state index contributed by atoms with van der Waals surface area (Å²) < 4.78 is 0. The van der Waals surface area contributed by atoms with Crippen molar-refractivity contribution < 1.29 is 0 Å². The van der Waals surface area contributed by atoms with E-state index in [0.29, 0.717) is 5.92 Å². The molecule has 0 bridgehead atoms. The predicted molar refractivity (Wildman–Crippen MR) is 90.3 cm³/mol. The Labute approximate surface area is 128 Å². The Morgan fingerprint density at radius 3 is 2.24 bits per heavy atom. The van der Waals surface area contributed by atoms with E-state index in [1.54, 1.807) is 0 Å². The summed E-state index contributed by atoms with van der Waals surface area (Å²) in [6, 6.07) is 17.6. The zero-order valence-electron chi connectivity index (χ0n) is 13.1. The SMILES string of the molecule is CC(C)c1ccc(C2(N)CCCC2)cc1-c1ccccc1. The molecule has 1 nitrogen and oxygen atoms in total. The third-order valence-corrected chi connectivity index (χ3v) is 4.83. The predicted octanol–water partition coefficient (Wildman–Crippen LogP) is 5.21. The Hall–Kier alpha value is -1.60. The van der Waals surface area contributed by atoms with Gasteiger partial charge in [0.25, 0.3) is 0 Å². The van der Waals surface area contributed by atoms with Crippen LogP contribution in [0.2, 0.25) is 0 Å². The number of hydrogen-bond donors (Lipinski definition) is 1. The van der Waals surface area contributed by atoms with Crippen LogP contribution in [0.5, 0.6) is 0 Å². The number of hydrogen-bond acceptors (Lipinski definition) is 1. The van der Waals surface area contributed by atoms with Crippen LogP contribution in [0, 0.1) is 0 Å². The van der Waals surface area contributed by atoms with Crippen molar-refractivity contribution in [3.05, 3.63) is 59.7 Å². The molecule has 1 aliphatic rings. The van der Waals surface area contributed by atoms with E-state index in [1.807, 2.05) is 0 Å². The average Bonchev–Trinajstić information content (AvgIpc) is 2.95. The Kier molecular flexibility index (Phi) is 3.86. The van der Waals surface area contributed by atoms with Crippen molar-refractivity contribution in [1.82, 2.24) is 0 Å². The van der Waals surface area contributed by atoms with E-state index in [0.717, 1.165) is 12.8 Å². The fraction of sp³-hybridized carbons (Fsp3) is 0.400. The monoisotopic (exact) mass is 279 g/mol. The second kappa shape index (κ2) is 5.65. The Morgan fingerprint density at radius 2 is 1.62 bits per heavy atom. The molecule has 3 rings (SSSR count). The lowest BCUT2D eigenvalue weighted by atomic mass is 9.84. The summed E-state index contributed by atoms with van der Waals surface area (Å²) in [5, 5.41) is 0. The molecule has 0 saturated heterocycles. The first-order valence-electron chi connectivity index (χ1n) is 8.09. The van der Waals surface area contributed by atoms with Crippen molar-refractivity contribution in [3.63, 3.8) is 0 Å². The van der Waals surface area contributed by atoms with Gasteiger partial charge >= 0.3 is 0 Å². The second-order valence-corrected chi connectivity index (χ2v) is 6.69. The summed E-state index contributed by atoms with van der Waals surface area (Å²) >= 11 is 0. The van der Waals surface area contributed by atoms with Crippen LogP contribution in [-0.4, -0.2) is 0 Å². The molecule has 1 aliphatic carbocycles. The highest BCUT2D eigenvalue weighted by Gasteiger charge is 2.31. The minimum atomic E-state index is -0.112. The van der Waals surface area contributed by atoms with Crippen LogP contribution < -0.4 is 5.73 Å². The van der Waals surface area contributed by atoms with Gasteiger partial charge < -0.3 is 5.73 Å². The van der Waals surface area contributed by atoms with Crippen molar-refractivity contribution in [1.29, 1.82) is 0 Å². The van der Waals surface area contributed by atoms with Gasteiger partial charge in [-0.2, -0.15) is 0 Å². The molecule has 0 aromatic heterocycles. The molecule has 2 N–H and O–H groups in total. The highest BCUT2D eigenvalue weighted by Crippen LogP contribution is 2.39. The summed E-state index contributed by atoms with van der Waals surface area (Å²) in [6.07, 6.45) is 4.73. The normalized spacial score (nSPS) is 17.3. The minimum absolute atomic E-state index is 0.112. The molecule has 2 aromatic rings. The summed E-state index contributed by atoms with van der Waals surface area (Å²) in [6.45, 7) is 4.52. The van der Waals surface area contributed by atoms with E-state index in [-0.39, 0.29) is 5.54 Å². The first kappa shape index (κ1) is 14.3. The standard InChI is InChI=1S/C20H25N/c1-15(2)18-11-10-17(20(21)12-6-7-13-20)14-19(18)16-8-4-3-5-9-16/h3-5,8-11,14-15H,6-7,12-13,21H2,1-2H3. The highest BCUT2D eigenvalue weighted by molar-refractivity contribution is 5.69. The molecule has 0 aliphatic heterocycles. The van der Waals surface area contributed by atoms with Gasteiger partial charge in [0, 0.05) is 5.54 Å². The summed E-state index contributed by atoms with van der Waals surface area (Å²) in [4.78, 5) is 0. The van der Waals surface area contributed by atoms with Crippen molar-refractivity contribution >= 4 is 0 Å². The zero-order valence-corrected chi connectivity index (χ0v) is 13.1. The Balaban J connectivity index is 2.11. The van der Waals surface area contributed by atoms with Crippen LogP contribution in [0.1, 0.15) is 56.6 Å². The molecule has 21 heavy (non-hydrogen) atoms. The number of nitrogens with two attached hydrogens (primary N) is 1. The lowest BCUT2D eigenvalue weighted by molar-refractivity contribution is 0.461. The maximum atomic E-state index is 6.65. The molecule has 1 heteroatoms. The van der Waals surface area contributed by atoms with E-state index in [1.165, 1.54) is 35.1 Å². The van der Waals surface area contributed by atoms with Gasteiger partial charge in [0.2, 0.25) is 0 Å². The molecule has 110 valence electrons. The Morgan fingerprint density at radius 1 is 0.952 bits per heavy atom. The fourth-order valence-electron chi connectivity index (χ4n) is 3.53. The van der Waals surface area contributed by atoms with Gasteiger partial charge in [0.1, 0.15) is 0 Å². The van der Waals surface area contributed by atoms with Gasteiger partial charge in [0.15, 0.2) is 0 Å². The molecule has 2 aromatic carbocycles. The first-order valence-corrected chi connectivity index (χ1v) is 8.09. The third kappa shape index (κ3) is 2.75. The summed E-state index contributed by atoms with van der Waals surface area (Å²) in [7, 11) is 0.